The van der Waals surface area contributed by atoms with Crippen molar-refractivity contribution in [2.75, 3.05) is 31.1 Å². The molecule has 0 spiro atoms. The number of hydrogen-bond acceptors (Lipinski definition) is 7. The number of nitrogens with zero attached hydrogens (tertiary/aromatic N) is 4. The molecule has 0 bridgehead atoms. The number of anilines is 1. The molecule has 7 nitrogen and oxygen atoms in total. The van der Waals surface area contributed by atoms with Gasteiger partial charge in [-0.25, -0.2) is 0 Å². The highest BCUT2D eigenvalue weighted by atomic mass is 32.1. The molecule has 27 heavy (non-hydrogen) atoms. The number of likely N-dealkylation sites (tertiary alicyclic amines) is 1. The summed E-state index contributed by atoms with van der Waals surface area (Å²) in [6.07, 6.45) is 2.86. The van der Waals surface area contributed by atoms with E-state index >= 15 is 0 Å². The molecule has 1 amide bonds. The monoisotopic (exact) mass is 388 g/mol. The van der Waals surface area contributed by atoms with E-state index in [2.05, 4.69) is 15.1 Å². The fourth-order valence-electron chi connectivity index (χ4n) is 3.55. The van der Waals surface area contributed by atoms with Crippen LogP contribution in [0.3, 0.4) is 0 Å². The van der Waals surface area contributed by atoms with Gasteiger partial charge in [-0.2, -0.15) is 0 Å². The second-order valence-corrected chi connectivity index (χ2v) is 7.76. The third-order valence-corrected chi connectivity index (χ3v) is 5.67. The lowest BCUT2D eigenvalue weighted by molar-refractivity contribution is -0.139. The third-order valence-electron chi connectivity index (χ3n) is 4.85. The van der Waals surface area contributed by atoms with Gasteiger partial charge in [-0.05, 0) is 38.3 Å². The maximum atomic E-state index is 13.0. The standard InChI is InChI=1S/C19H24N4O3S/c1-2-25-19-21-20-17(27-19)13-23-12-16(18(24)22-10-6-3-7-11-22)26-15-9-5-4-8-14(15)23/h4-5,8-9,16H,2-3,6-7,10-13H2,1H3. The van der Waals surface area contributed by atoms with Crippen molar-refractivity contribution in [3.8, 4) is 10.9 Å². The van der Waals surface area contributed by atoms with Gasteiger partial charge >= 0.3 is 0 Å². The smallest absolute Gasteiger partial charge is 0.294 e. The van der Waals surface area contributed by atoms with Crippen molar-refractivity contribution in [3.05, 3.63) is 29.3 Å². The van der Waals surface area contributed by atoms with Gasteiger partial charge in [0.05, 0.1) is 25.4 Å². The number of rotatable bonds is 5. The van der Waals surface area contributed by atoms with Gasteiger partial charge in [0.1, 0.15) is 10.8 Å². The maximum absolute atomic E-state index is 13.0. The second kappa shape index (κ2) is 8.12. The van der Waals surface area contributed by atoms with Crippen LogP contribution < -0.4 is 14.4 Å². The zero-order valence-corrected chi connectivity index (χ0v) is 16.3. The minimum atomic E-state index is -0.489. The van der Waals surface area contributed by atoms with Crippen molar-refractivity contribution in [2.24, 2.45) is 0 Å². The van der Waals surface area contributed by atoms with E-state index in [1.807, 2.05) is 36.1 Å². The SMILES string of the molecule is CCOc1nnc(CN2CC(C(=O)N3CCCCC3)Oc3ccccc32)s1. The lowest BCUT2D eigenvalue weighted by Crippen LogP contribution is -2.51. The molecule has 2 aromatic rings. The third kappa shape index (κ3) is 4.00. The molecule has 2 aliphatic heterocycles. The lowest BCUT2D eigenvalue weighted by Gasteiger charge is -2.38. The van der Waals surface area contributed by atoms with Crippen molar-refractivity contribution in [3.63, 3.8) is 0 Å². The number of amides is 1. The van der Waals surface area contributed by atoms with Gasteiger partial charge in [0.15, 0.2) is 6.10 Å². The normalized spacial score (nSPS) is 19.4. The Morgan fingerprint density at radius 1 is 1.26 bits per heavy atom. The second-order valence-electron chi connectivity index (χ2n) is 6.74. The molecule has 1 atom stereocenters. The highest BCUT2D eigenvalue weighted by Gasteiger charge is 2.34. The Hall–Kier alpha value is -2.35. The minimum Gasteiger partial charge on any atom is -0.477 e. The first-order valence-corrected chi connectivity index (χ1v) is 10.3. The Labute approximate surface area is 162 Å². The molecular weight excluding hydrogens is 364 g/mol. The van der Waals surface area contributed by atoms with Gasteiger partial charge in [-0.3, -0.25) is 4.79 Å². The topological polar surface area (TPSA) is 67.8 Å². The number of carbonyl (C=O) groups excluding carboxylic acids is 1. The Kier molecular flexibility index (Phi) is 5.42. The van der Waals surface area contributed by atoms with Crippen molar-refractivity contribution >= 4 is 22.9 Å². The summed E-state index contributed by atoms with van der Waals surface area (Å²) in [5.41, 5.74) is 0.980. The number of fused-ring (bicyclic) bond motifs is 1. The van der Waals surface area contributed by atoms with E-state index in [-0.39, 0.29) is 5.91 Å². The summed E-state index contributed by atoms with van der Waals surface area (Å²) in [6.45, 7) is 5.24. The van der Waals surface area contributed by atoms with Crippen molar-refractivity contribution < 1.29 is 14.3 Å². The van der Waals surface area contributed by atoms with Crippen LogP contribution in [0.25, 0.3) is 0 Å². The van der Waals surface area contributed by atoms with Crippen LogP contribution in [0.15, 0.2) is 24.3 Å². The Balaban J connectivity index is 1.53. The molecule has 1 saturated heterocycles. The number of carbonyl (C=O) groups is 1. The van der Waals surface area contributed by atoms with E-state index in [1.165, 1.54) is 17.8 Å². The number of ether oxygens (including phenoxy) is 2. The molecule has 144 valence electrons. The first-order chi connectivity index (χ1) is 13.2. The van der Waals surface area contributed by atoms with Crippen LogP contribution in [-0.2, 0) is 11.3 Å². The van der Waals surface area contributed by atoms with Crippen LogP contribution in [0.2, 0.25) is 0 Å². The first-order valence-electron chi connectivity index (χ1n) is 9.49. The average Bonchev–Trinajstić information content (AvgIpc) is 3.15. The van der Waals surface area contributed by atoms with Crippen molar-refractivity contribution in [1.29, 1.82) is 0 Å². The predicted octanol–water partition coefficient (Wildman–Crippen LogP) is 2.72. The quantitative estimate of drug-likeness (QED) is 0.785. The zero-order valence-electron chi connectivity index (χ0n) is 15.5. The largest absolute Gasteiger partial charge is 0.477 e. The molecular formula is C19H24N4O3S. The van der Waals surface area contributed by atoms with E-state index in [0.717, 1.165) is 42.4 Å². The van der Waals surface area contributed by atoms with Crippen molar-refractivity contribution in [1.82, 2.24) is 15.1 Å². The molecule has 0 N–H and O–H groups in total. The molecule has 4 rings (SSSR count). The van der Waals surface area contributed by atoms with Crippen LogP contribution in [0.5, 0.6) is 10.9 Å². The molecule has 3 heterocycles. The number of piperidine rings is 1. The Morgan fingerprint density at radius 2 is 2.07 bits per heavy atom. The highest BCUT2D eigenvalue weighted by molar-refractivity contribution is 7.13. The summed E-state index contributed by atoms with van der Waals surface area (Å²) < 4.78 is 11.5. The van der Waals surface area contributed by atoms with Gasteiger partial charge in [-0.1, -0.05) is 28.6 Å². The van der Waals surface area contributed by atoms with E-state index in [1.54, 1.807) is 0 Å². The molecule has 1 fully saturated rings. The summed E-state index contributed by atoms with van der Waals surface area (Å²) >= 11 is 1.44. The summed E-state index contributed by atoms with van der Waals surface area (Å²) in [5.74, 6) is 0.829. The van der Waals surface area contributed by atoms with E-state index in [4.69, 9.17) is 9.47 Å². The zero-order chi connectivity index (χ0) is 18.6. The maximum Gasteiger partial charge on any atom is 0.294 e. The van der Waals surface area contributed by atoms with E-state index in [9.17, 15) is 4.79 Å². The van der Waals surface area contributed by atoms with Crippen LogP contribution in [-0.4, -0.2) is 53.3 Å². The van der Waals surface area contributed by atoms with Crippen LogP contribution in [0.4, 0.5) is 5.69 Å². The molecule has 2 aliphatic rings. The minimum absolute atomic E-state index is 0.0847. The van der Waals surface area contributed by atoms with Gasteiger partial charge in [-0.15, -0.1) is 5.10 Å². The molecule has 8 heteroatoms. The van der Waals surface area contributed by atoms with Gasteiger partial charge in [0, 0.05) is 13.1 Å². The molecule has 1 aromatic carbocycles. The Bertz CT molecular complexity index is 791. The highest BCUT2D eigenvalue weighted by Crippen LogP contribution is 2.35. The molecule has 1 aromatic heterocycles. The van der Waals surface area contributed by atoms with Gasteiger partial charge in [0.2, 0.25) is 0 Å². The Morgan fingerprint density at radius 3 is 2.89 bits per heavy atom. The molecule has 0 saturated carbocycles. The summed E-state index contributed by atoms with van der Waals surface area (Å²) in [6, 6.07) is 7.85. The molecule has 0 radical (unpaired) electrons. The van der Waals surface area contributed by atoms with E-state index < -0.39 is 6.10 Å². The van der Waals surface area contributed by atoms with Crippen LogP contribution in [0.1, 0.15) is 31.2 Å². The first kappa shape index (κ1) is 18.0. The van der Waals surface area contributed by atoms with Gasteiger partial charge < -0.3 is 19.3 Å². The number of hydrogen-bond donors (Lipinski definition) is 0. The summed E-state index contributed by atoms with van der Waals surface area (Å²) in [5, 5.41) is 9.73. The van der Waals surface area contributed by atoms with Crippen LogP contribution in [0, 0.1) is 0 Å². The van der Waals surface area contributed by atoms with Gasteiger partial charge in [0.25, 0.3) is 11.1 Å². The fraction of sp³-hybridized carbons (Fsp3) is 0.526. The molecule has 1 unspecified atom stereocenters. The van der Waals surface area contributed by atoms with E-state index in [0.29, 0.717) is 24.9 Å². The molecule has 0 aliphatic carbocycles. The number of para-hydroxylation sites is 2. The number of benzene rings is 1. The fourth-order valence-corrected chi connectivity index (χ4v) is 4.31. The lowest BCUT2D eigenvalue weighted by atomic mass is 10.1. The summed E-state index contributed by atoms with van der Waals surface area (Å²) in [4.78, 5) is 17.1. The summed E-state index contributed by atoms with van der Waals surface area (Å²) in [7, 11) is 0. The van der Waals surface area contributed by atoms with Crippen LogP contribution >= 0.6 is 11.3 Å². The van der Waals surface area contributed by atoms with Crippen molar-refractivity contribution in [2.45, 2.75) is 38.8 Å². The average molecular weight is 388 g/mol. The number of aromatic nitrogens is 2. The predicted molar refractivity (Wildman–Crippen MR) is 103 cm³/mol.